The summed E-state index contributed by atoms with van der Waals surface area (Å²) in [4.78, 5) is 0. The Morgan fingerprint density at radius 1 is 1.40 bits per heavy atom. The maximum Gasteiger partial charge on any atom is 0.129 e. The van der Waals surface area contributed by atoms with E-state index in [0.717, 1.165) is 25.1 Å². The van der Waals surface area contributed by atoms with Gasteiger partial charge in [-0.3, -0.25) is 0 Å². The Morgan fingerprint density at radius 2 is 2.15 bits per heavy atom. The molecule has 2 nitrogen and oxygen atoms in total. The number of anilines is 1. The number of allylic oxidation sites excluding steroid dienone is 2. The lowest BCUT2D eigenvalue weighted by Gasteiger charge is -2.26. The van der Waals surface area contributed by atoms with Crippen LogP contribution in [0.3, 0.4) is 0 Å². The average Bonchev–Trinajstić information content (AvgIpc) is 2.39. The van der Waals surface area contributed by atoms with E-state index in [9.17, 15) is 4.39 Å². The van der Waals surface area contributed by atoms with Crippen LogP contribution in [-0.4, -0.2) is 6.54 Å². The number of nitrogens with zero attached hydrogens (tertiary/aromatic N) is 1. The molecule has 3 heteroatoms. The lowest BCUT2D eigenvalue weighted by Crippen LogP contribution is -2.20. The van der Waals surface area contributed by atoms with Gasteiger partial charge >= 0.3 is 0 Å². The third-order valence-corrected chi connectivity index (χ3v) is 3.94. The fourth-order valence-electron chi connectivity index (χ4n) is 3.02. The molecule has 0 spiro atoms. The highest BCUT2D eigenvalue weighted by atomic mass is 19.1. The van der Waals surface area contributed by atoms with Gasteiger partial charge in [-0.15, -0.1) is 0 Å². The first-order valence-corrected chi connectivity index (χ1v) is 7.11. The van der Waals surface area contributed by atoms with Crippen LogP contribution in [0.1, 0.15) is 37.8 Å². The fraction of sp³-hybridized carbons (Fsp3) is 0.471. The van der Waals surface area contributed by atoms with Gasteiger partial charge in [0.2, 0.25) is 0 Å². The number of rotatable bonds is 3. The fourth-order valence-corrected chi connectivity index (χ4v) is 3.02. The molecule has 2 unspecified atom stereocenters. The standard InChI is InChI=1S/C17H21FN2/c1-11-4-12(2)6-15(5-11)10-20-17-8-14(9-19)7-16(18)13(17)3/h4,7-8,11,15,20H,5-6,10H2,1-3H3. The largest absolute Gasteiger partial charge is 0.384 e. The Bertz CT molecular complexity index is 569. The molecule has 0 saturated carbocycles. The molecule has 2 atom stereocenters. The molecular weight excluding hydrogens is 251 g/mol. The van der Waals surface area contributed by atoms with Crippen molar-refractivity contribution >= 4 is 5.69 Å². The zero-order chi connectivity index (χ0) is 14.7. The molecule has 0 aliphatic heterocycles. The average molecular weight is 272 g/mol. The molecule has 0 heterocycles. The lowest BCUT2D eigenvalue weighted by atomic mass is 9.83. The first-order valence-electron chi connectivity index (χ1n) is 7.11. The molecule has 20 heavy (non-hydrogen) atoms. The SMILES string of the molecule is CC1=CC(C)CC(CNc2cc(C#N)cc(F)c2C)C1. The summed E-state index contributed by atoms with van der Waals surface area (Å²) in [5.74, 6) is 0.863. The number of nitriles is 1. The second kappa shape index (κ2) is 6.09. The number of hydrogen-bond donors (Lipinski definition) is 1. The van der Waals surface area contributed by atoms with Crippen molar-refractivity contribution in [2.45, 2.75) is 33.6 Å². The molecule has 1 aliphatic rings. The number of nitrogens with one attached hydrogen (secondary N) is 1. The van der Waals surface area contributed by atoms with Crippen molar-refractivity contribution in [3.05, 3.63) is 40.7 Å². The summed E-state index contributed by atoms with van der Waals surface area (Å²) in [5.41, 5.74) is 3.12. The Hall–Kier alpha value is -1.82. The summed E-state index contributed by atoms with van der Waals surface area (Å²) in [6.07, 6.45) is 4.58. The van der Waals surface area contributed by atoms with Crippen molar-refractivity contribution in [2.24, 2.45) is 11.8 Å². The maximum atomic E-state index is 13.7. The van der Waals surface area contributed by atoms with Gasteiger partial charge in [0.1, 0.15) is 5.82 Å². The molecule has 0 saturated heterocycles. The summed E-state index contributed by atoms with van der Waals surface area (Å²) < 4.78 is 13.7. The zero-order valence-electron chi connectivity index (χ0n) is 12.3. The van der Waals surface area contributed by atoms with Crippen LogP contribution in [0.5, 0.6) is 0 Å². The van der Waals surface area contributed by atoms with Crippen molar-refractivity contribution in [3.8, 4) is 6.07 Å². The molecule has 2 rings (SSSR count). The van der Waals surface area contributed by atoms with E-state index >= 15 is 0 Å². The van der Waals surface area contributed by atoms with Gasteiger partial charge in [-0.05, 0) is 50.7 Å². The topological polar surface area (TPSA) is 35.8 Å². The van der Waals surface area contributed by atoms with Crippen LogP contribution in [0.4, 0.5) is 10.1 Å². The van der Waals surface area contributed by atoms with E-state index in [2.05, 4.69) is 25.2 Å². The highest BCUT2D eigenvalue weighted by Gasteiger charge is 2.18. The van der Waals surface area contributed by atoms with Crippen LogP contribution >= 0.6 is 0 Å². The van der Waals surface area contributed by atoms with Crippen LogP contribution < -0.4 is 5.32 Å². The number of halogens is 1. The summed E-state index contributed by atoms with van der Waals surface area (Å²) in [6.45, 7) is 6.97. The van der Waals surface area contributed by atoms with E-state index in [-0.39, 0.29) is 5.82 Å². The Kier molecular flexibility index (Phi) is 4.44. The monoisotopic (exact) mass is 272 g/mol. The summed E-state index contributed by atoms with van der Waals surface area (Å²) >= 11 is 0. The van der Waals surface area contributed by atoms with Crippen molar-refractivity contribution < 1.29 is 4.39 Å². The summed E-state index contributed by atoms with van der Waals surface area (Å²) in [5, 5.41) is 12.2. The highest BCUT2D eigenvalue weighted by molar-refractivity contribution is 5.55. The quantitative estimate of drug-likeness (QED) is 0.827. The summed E-state index contributed by atoms with van der Waals surface area (Å²) in [7, 11) is 0. The zero-order valence-corrected chi connectivity index (χ0v) is 12.3. The first-order chi connectivity index (χ1) is 9.49. The van der Waals surface area contributed by atoms with E-state index in [1.54, 1.807) is 13.0 Å². The molecule has 0 fully saturated rings. The van der Waals surface area contributed by atoms with Gasteiger partial charge in [-0.1, -0.05) is 18.6 Å². The van der Waals surface area contributed by atoms with Crippen LogP contribution in [0.2, 0.25) is 0 Å². The number of benzene rings is 1. The van der Waals surface area contributed by atoms with Gasteiger partial charge in [0.05, 0.1) is 11.6 Å². The van der Waals surface area contributed by atoms with Crippen LogP contribution in [0, 0.1) is 35.9 Å². The Balaban J connectivity index is 2.06. The van der Waals surface area contributed by atoms with Crippen LogP contribution in [-0.2, 0) is 0 Å². The van der Waals surface area contributed by atoms with Crippen molar-refractivity contribution in [2.75, 3.05) is 11.9 Å². The first kappa shape index (κ1) is 14.6. The third kappa shape index (κ3) is 3.39. The molecule has 1 aromatic carbocycles. The predicted octanol–water partition coefficient (Wildman–Crippen LogP) is 4.41. The van der Waals surface area contributed by atoms with Gasteiger partial charge in [0.25, 0.3) is 0 Å². The van der Waals surface area contributed by atoms with Gasteiger partial charge in [0, 0.05) is 17.8 Å². The Morgan fingerprint density at radius 3 is 2.80 bits per heavy atom. The lowest BCUT2D eigenvalue weighted by molar-refractivity contribution is 0.421. The smallest absolute Gasteiger partial charge is 0.129 e. The van der Waals surface area contributed by atoms with Crippen LogP contribution in [0.25, 0.3) is 0 Å². The minimum absolute atomic E-state index is 0.320. The highest BCUT2D eigenvalue weighted by Crippen LogP contribution is 2.29. The molecule has 1 N–H and O–H groups in total. The molecule has 1 aliphatic carbocycles. The van der Waals surface area contributed by atoms with Crippen LogP contribution in [0.15, 0.2) is 23.8 Å². The third-order valence-electron chi connectivity index (χ3n) is 3.94. The summed E-state index contributed by atoms with van der Waals surface area (Å²) in [6, 6.07) is 5.02. The molecule has 0 bridgehead atoms. The second-order valence-electron chi connectivity index (χ2n) is 5.92. The van der Waals surface area contributed by atoms with E-state index in [1.165, 1.54) is 11.6 Å². The normalized spacial score (nSPS) is 22.1. The maximum absolute atomic E-state index is 13.7. The van der Waals surface area contributed by atoms with Crippen molar-refractivity contribution in [1.82, 2.24) is 0 Å². The number of hydrogen-bond acceptors (Lipinski definition) is 2. The Labute approximate surface area is 120 Å². The molecule has 0 aromatic heterocycles. The van der Waals surface area contributed by atoms with E-state index in [0.29, 0.717) is 23.0 Å². The van der Waals surface area contributed by atoms with E-state index in [1.807, 2.05) is 6.07 Å². The minimum Gasteiger partial charge on any atom is -0.384 e. The van der Waals surface area contributed by atoms with Crippen molar-refractivity contribution in [3.63, 3.8) is 0 Å². The predicted molar refractivity (Wildman–Crippen MR) is 80.0 cm³/mol. The van der Waals surface area contributed by atoms with E-state index < -0.39 is 0 Å². The molecule has 106 valence electrons. The second-order valence-corrected chi connectivity index (χ2v) is 5.92. The van der Waals surface area contributed by atoms with Crippen molar-refractivity contribution in [1.29, 1.82) is 5.26 Å². The van der Waals surface area contributed by atoms with Gasteiger partial charge in [-0.25, -0.2) is 4.39 Å². The van der Waals surface area contributed by atoms with Gasteiger partial charge in [-0.2, -0.15) is 5.26 Å². The molecule has 0 radical (unpaired) electrons. The molecular formula is C17H21FN2. The van der Waals surface area contributed by atoms with Gasteiger partial charge in [0.15, 0.2) is 0 Å². The minimum atomic E-state index is -0.320. The van der Waals surface area contributed by atoms with Gasteiger partial charge < -0.3 is 5.32 Å². The molecule has 0 amide bonds. The van der Waals surface area contributed by atoms with E-state index in [4.69, 9.17) is 5.26 Å². The molecule has 1 aromatic rings.